The molecule has 25 heavy (non-hydrogen) atoms. The van der Waals surface area contributed by atoms with E-state index in [0.29, 0.717) is 22.9 Å². The summed E-state index contributed by atoms with van der Waals surface area (Å²) in [7, 11) is 1.94. The molecule has 2 aromatic carbocycles. The lowest BCUT2D eigenvalue weighted by molar-refractivity contribution is 0.0998. The minimum absolute atomic E-state index is 0.241. The summed E-state index contributed by atoms with van der Waals surface area (Å²) in [6.45, 7) is 6.89. The third-order valence-electron chi connectivity index (χ3n) is 4.11. The molecule has 0 saturated heterocycles. The monoisotopic (exact) mass is 354 g/mol. The van der Waals surface area contributed by atoms with E-state index >= 15 is 0 Å². The zero-order valence-corrected chi connectivity index (χ0v) is 15.8. The number of carbonyl (C=O) groups is 1. The number of carbonyl (C=O) groups excluding carboxylic acids is 1. The minimum Gasteiger partial charge on any atom is -0.494 e. The summed E-state index contributed by atoms with van der Waals surface area (Å²) in [4.78, 5) is 17.5. The number of nitrogens with zero attached hydrogens (tertiary/aromatic N) is 2. The molecule has 0 radical (unpaired) electrons. The van der Waals surface area contributed by atoms with E-state index < -0.39 is 0 Å². The van der Waals surface area contributed by atoms with Crippen LogP contribution in [0.25, 0.3) is 10.2 Å². The van der Waals surface area contributed by atoms with Crippen LogP contribution in [0.1, 0.15) is 42.6 Å². The van der Waals surface area contributed by atoms with Gasteiger partial charge in [0.1, 0.15) is 5.75 Å². The molecule has 0 aliphatic heterocycles. The highest BCUT2D eigenvalue weighted by Crippen LogP contribution is 2.23. The highest BCUT2D eigenvalue weighted by Gasteiger charge is 2.09. The van der Waals surface area contributed by atoms with Gasteiger partial charge in [0.25, 0.3) is 5.91 Å². The van der Waals surface area contributed by atoms with Gasteiger partial charge >= 0.3 is 0 Å². The van der Waals surface area contributed by atoms with Gasteiger partial charge in [0, 0.05) is 12.6 Å². The fourth-order valence-corrected chi connectivity index (χ4v) is 3.69. The molecule has 0 saturated carbocycles. The van der Waals surface area contributed by atoms with E-state index in [1.807, 2.05) is 18.5 Å². The topological polar surface area (TPSA) is 43.6 Å². The highest BCUT2D eigenvalue weighted by molar-refractivity contribution is 7.16. The van der Waals surface area contributed by atoms with E-state index in [-0.39, 0.29) is 5.91 Å². The quantitative estimate of drug-likeness (QED) is 0.692. The molecular weight excluding hydrogens is 332 g/mol. The summed E-state index contributed by atoms with van der Waals surface area (Å²) in [6, 6.07) is 13.5. The molecule has 3 aromatic rings. The van der Waals surface area contributed by atoms with E-state index in [2.05, 4.69) is 37.0 Å². The normalized spacial score (nSPS) is 12.1. The van der Waals surface area contributed by atoms with Crippen molar-refractivity contribution in [2.24, 2.45) is 12.0 Å². The molecule has 3 rings (SSSR count). The van der Waals surface area contributed by atoms with Crippen molar-refractivity contribution in [3.8, 4) is 5.75 Å². The molecule has 0 bridgehead atoms. The van der Waals surface area contributed by atoms with E-state index in [0.717, 1.165) is 16.0 Å². The smallest absolute Gasteiger partial charge is 0.279 e. The Morgan fingerprint density at radius 1 is 1.20 bits per heavy atom. The molecule has 1 amide bonds. The first-order valence-electron chi connectivity index (χ1n) is 8.41. The lowest BCUT2D eigenvalue weighted by Gasteiger charge is -2.04. The molecule has 130 valence electrons. The SMILES string of the molecule is CCOc1ccc(C(=O)N=c2sc3cc(C(C)C)ccc3n2C)cc1. The van der Waals surface area contributed by atoms with Crippen LogP contribution in [0, 0.1) is 0 Å². The first kappa shape index (κ1) is 17.4. The van der Waals surface area contributed by atoms with Crippen LogP contribution in [0.15, 0.2) is 47.5 Å². The van der Waals surface area contributed by atoms with Gasteiger partial charge in [-0.15, -0.1) is 0 Å². The first-order valence-corrected chi connectivity index (χ1v) is 9.22. The molecule has 0 fully saturated rings. The van der Waals surface area contributed by atoms with Crippen molar-refractivity contribution in [3.05, 3.63) is 58.4 Å². The average molecular weight is 354 g/mol. The Balaban J connectivity index is 1.97. The van der Waals surface area contributed by atoms with Crippen LogP contribution in [0.4, 0.5) is 0 Å². The fourth-order valence-electron chi connectivity index (χ4n) is 2.63. The summed E-state index contributed by atoms with van der Waals surface area (Å²) in [5.74, 6) is 0.990. The number of amides is 1. The van der Waals surface area contributed by atoms with Crippen LogP contribution in [-0.2, 0) is 7.05 Å². The Morgan fingerprint density at radius 3 is 2.56 bits per heavy atom. The molecule has 0 atom stereocenters. The van der Waals surface area contributed by atoms with Gasteiger partial charge < -0.3 is 9.30 Å². The van der Waals surface area contributed by atoms with Crippen molar-refractivity contribution >= 4 is 27.5 Å². The Hall–Kier alpha value is -2.40. The Bertz CT molecular complexity index is 966. The van der Waals surface area contributed by atoms with E-state index in [1.54, 1.807) is 35.6 Å². The Labute approximate surface area is 151 Å². The molecule has 0 spiro atoms. The van der Waals surface area contributed by atoms with Crippen LogP contribution in [-0.4, -0.2) is 17.1 Å². The highest BCUT2D eigenvalue weighted by atomic mass is 32.1. The lowest BCUT2D eigenvalue weighted by atomic mass is 10.0. The largest absolute Gasteiger partial charge is 0.494 e. The van der Waals surface area contributed by atoms with Crippen LogP contribution >= 0.6 is 11.3 Å². The van der Waals surface area contributed by atoms with Gasteiger partial charge in [-0.1, -0.05) is 31.3 Å². The number of aromatic nitrogens is 1. The standard InChI is InChI=1S/C20H22N2O2S/c1-5-24-16-9-6-14(7-10-16)19(23)21-20-22(4)17-11-8-15(13(2)3)12-18(17)25-20/h6-13H,5H2,1-4H3. The maximum Gasteiger partial charge on any atom is 0.279 e. The summed E-state index contributed by atoms with van der Waals surface area (Å²) >= 11 is 1.54. The molecule has 5 heteroatoms. The molecule has 0 aliphatic rings. The first-order chi connectivity index (χ1) is 12.0. The van der Waals surface area contributed by atoms with Gasteiger partial charge in [-0.25, -0.2) is 0 Å². The van der Waals surface area contributed by atoms with Crippen molar-refractivity contribution < 1.29 is 9.53 Å². The molecule has 1 aromatic heterocycles. The van der Waals surface area contributed by atoms with Gasteiger partial charge in [-0.3, -0.25) is 4.79 Å². The summed E-state index contributed by atoms with van der Waals surface area (Å²) in [5, 5.41) is 0. The van der Waals surface area contributed by atoms with Crippen molar-refractivity contribution in [3.63, 3.8) is 0 Å². The number of ether oxygens (including phenoxy) is 1. The lowest BCUT2D eigenvalue weighted by Crippen LogP contribution is -2.13. The number of hydrogen-bond donors (Lipinski definition) is 0. The fraction of sp³-hybridized carbons (Fsp3) is 0.300. The molecule has 0 aliphatic carbocycles. The zero-order chi connectivity index (χ0) is 18.0. The second-order valence-corrected chi connectivity index (χ2v) is 7.21. The van der Waals surface area contributed by atoms with Gasteiger partial charge in [-0.2, -0.15) is 4.99 Å². The number of rotatable bonds is 4. The molecule has 0 unspecified atom stereocenters. The Kier molecular flexibility index (Phi) is 5.04. The number of benzene rings is 2. The van der Waals surface area contributed by atoms with Crippen LogP contribution in [0.5, 0.6) is 5.75 Å². The van der Waals surface area contributed by atoms with Gasteiger partial charge in [-0.05, 0) is 54.8 Å². The van der Waals surface area contributed by atoms with E-state index in [4.69, 9.17) is 4.74 Å². The number of hydrogen-bond acceptors (Lipinski definition) is 3. The molecular formula is C20H22N2O2S. The third kappa shape index (κ3) is 3.66. The predicted octanol–water partition coefficient (Wildman–Crippen LogP) is 4.50. The van der Waals surface area contributed by atoms with Gasteiger partial charge in [0.2, 0.25) is 0 Å². The van der Waals surface area contributed by atoms with Crippen molar-refractivity contribution in [2.75, 3.05) is 6.61 Å². The zero-order valence-electron chi connectivity index (χ0n) is 14.9. The van der Waals surface area contributed by atoms with Crippen LogP contribution in [0.3, 0.4) is 0 Å². The number of fused-ring (bicyclic) bond motifs is 1. The van der Waals surface area contributed by atoms with Gasteiger partial charge in [0.05, 0.1) is 16.8 Å². The van der Waals surface area contributed by atoms with Crippen molar-refractivity contribution in [1.82, 2.24) is 4.57 Å². The maximum atomic E-state index is 12.5. The second kappa shape index (κ2) is 7.23. The average Bonchev–Trinajstić information content (AvgIpc) is 2.91. The van der Waals surface area contributed by atoms with E-state index in [1.165, 1.54) is 5.56 Å². The molecule has 1 heterocycles. The third-order valence-corrected chi connectivity index (χ3v) is 5.20. The summed E-state index contributed by atoms with van der Waals surface area (Å²) in [5.41, 5.74) is 2.94. The van der Waals surface area contributed by atoms with Crippen molar-refractivity contribution in [2.45, 2.75) is 26.7 Å². The Morgan fingerprint density at radius 2 is 1.92 bits per heavy atom. The number of aryl methyl sites for hydroxylation is 1. The molecule has 0 N–H and O–H groups in total. The van der Waals surface area contributed by atoms with E-state index in [9.17, 15) is 4.79 Å². The molecule has 4 nitrogen and oxygen atoms in total. The maximum absolute atomic E-state index is 12.5. The predicted molar refractivity (Wildman–Crippen MR) is 102 cm³/mol. The van der Waals surface area contributed by atoms with Crippen LogP contribution in [0.2, 0.25) is 0 Å². The summed E-state index contributed by atoms with van der Waals surface area (Å²) < 4.78 is 8.52. The summed E-state index contributed by atoms with van der Waals surface area (Å²) in [6.07, 6.45) is 0. The van der Waals surface area contributed by atoms with Gasteiger partial charge in [0.15, 0.2) is 4.80 Å². The van der Waals surface area contributed by atoms with Crippen LogP contribution < -0.4 is 9.54 Å². The minimum atomic E-state index is -0.241. The van der Waals surface area contributed by atoms with Crippen molar-refractivity contribution in [1.29, 1.82) is 0 Å². The second-order valence-electron chi connectivity index (χ2n) is 6.20. The number of thiazole rings is 1.